The van der Waals surface area contributed by atoms with E-state index in [0.29, 0.717) is 5.76 Å². The Labute approximate surface area is 89.6 Å². The van der Waals surface area contributed by atoms with Crippen LogP contribution in [0.1, 0.15) is 6.92 Å². The van der Waals surface area contributed by atoms with E-state index < -0.39 is 6.10 Å². The maximum absolute atomic E-state index is 9.08. The zero-order valence-corrected chi connectivity index (χ0v) is 8.37. The van der Waals surface area contributed by atoms with Crippen LogP contribution < -0.4 is 0 Å². The number of allylic oxidation sites excluding steroid dienone is 2. The molecule has 74 valence electrons. The summed E-state index contributed by atoms with van der Waals surface area (Å²) in [5, 5.41) is 9.08. The van der Waals surface area contributed by atoms with Gasteiger partial charge in [-0.2, -0.15) is 0 Å². The predicted molar refractivity (Wildman–Crippen MR) is 58.2 cm³/mol. The molecule has 0 aromatic heterocycles. The topological polar surface area (TPSA) is 29.5 Å². The van der Waals surface area contributed by atoms with Gasteiger partial charge in [0.25, 0.3) is 0 Å². The van der Waals surface area contributed by atoms with Crippen LogP contribution in [0.25, 0.3) is 0 Å². The first-order valence-electron chi connectivity index (χ1n) is 4.44. The van der Waals surface area contributed by atoms with E-state index in [0.717, 1.165) is 0 Å². The molecule has 1 N–H and O–H groups in total. The fraction of sp³-hybridized carbons (Fsp3) is 0.231. The van der Waals surface area contributed by atoms with Crippen molar-refractivity contribution in [3.8, 4) is 35.5 Å². The van der Waals surface area contributed by atoms with E-state index >= 15 is 0 Å². The Morgan fingerprint density at radius 3 is 2.87 bits per heavy atom. The van der Waals surface area contributed by atoms with Crippen molar-refractivity contribution < 1.29 is 9.84 Å². The lowest BCUT2D eigenvalue weighted by Crippen LogP contribution is -2.15. The van der Waals surface area contributed by atoms with Gasteiger partial charge < -0.3 is 9.84 Å². The van der Waals surface area contributed by atoms with Crippen molar-refractivity contribution in [1.29, 1.82) is 0 Å². The summed E-state index contributed by atoms with van der Waals surface area (Å²) < 4.78 is 5.16. The van der Waals surface area contributed by atoms with E-state index in [4.69, 9.17) is 9.84 Å². The van der Waals surface area contributed by atoms with Crippen LogP contribution in [0.3, 0.4) is 0 Å². The molecule has 0 bridgehead atoms. The zero-order valence-electron chi connectivity index (χ0n) is 8.37. The lowest BCUT2D eigenvalue weighted by molar-refractivity contribution is 0.0966. The monoisotopic (exact) mass is 198 g/mol. The van der Waals surface area contributed by atoms with Gasteiger partial charge in [-0.3, -0.25) is 0 Å². The lowest BCUT2D eigenvalue weighted by atomic mass is 10.2. The molecule has 0 amide bonds. The van der Waals surface area contributed by atoms with Gasteiger partial charge >= 0.3 is 0 Å². The summed E-state index contributed by atoms with van der Waals surface area (Å²) in [6.45, 7) is 1.99. The summed E-state index contributed by atoms with van der Waals surface area (Å²) in [5.41, 5.74) is 0. The number of ether oxygens (including phenoxy) is 1. The molecule has 15 heavy (non-hydrogen) atoms. The van der Waals surface area contributed by atoms with Crippen molar-refractivity contribution in [2.24, 2.45) is 0 Å². The normalized spacial score (nSPS) is 19.9. The van der Waals surface area contributed by atoms with Crippen LogP contribution >= 0.6 is 0 Å². The van der Waals surface area contributed by atoms with Gasteiger partial charge in [-0.15, -0.1) is 0 Å². The Hall–Kier alpha value is -2.08. The average molecular weight is 198 g/mol. The third kappa shape index (κ3) is 4.63. The van der Waals surface area contributed by atoms with Crippen molar-refractivity contribution in [1.82, 2.24) is 0 Å². The van der Waals surface area contributed by atoms with Crippen molar-refractivity contribution in [3.63, 3.8) is 0 Å². The van der Waals surface area contributed by atoms with E-state index in [9.17, 15) is 0 Å². The minimum absolute atomic E-state index is 0.275. The summed E-state index contributed by atoms with van der Waals surface area (Å²) >= 11 is 0. The number of aliphatic hydroxyl groups is 1. The van der Waals surface area contributed by atoms with E-state index in [1.54, 1.807) is 25.2 Å². The first-order chi connectivity index (χ1) is 7.33. The van der Waals surface area contributed by atoms with Crippen LogP contribution in [0.5, 0.6) is 0 Å². The van der Waals surface area contributed by atoms with E-state index in [-0.39, 0.29) is 6.61 Å². The second kappa shape index (κ2) is 6.39. The van der Waals surface area contributed by atoms with Gasteiger partial charge in [-0.25, -0.2) is 0 Å². The molecule has 1 atom stereocenters. The van der Waals surface area contributed by atoms with Crippen molar-refractivity contribution >= 4 is 0 Å². The minimum Gasteiger partial charge on any atom is -0.490 e. The van der Waals surface area contributed by atoms with Crippen LogP contribution in [-0.4, -0.2) is 17.8 Å². The number of aliphatic hydroxyl groups excluding tert-OH is 1. The first kappa shape index (κ1) is 11.0. The maximum atomic E-state index is 9.08. The molecule has 0 aromatic rings. The molecule has 1 rings (SSSR count). The Morgan fingerprint density at radius 1 is 1.40 bits per heavy atom. The molecule has 0 aliphatic carbocycles. The van der Waals surface area contributed by atoms with Gasteiger partial charge in [0.05, 0.1) is 0 Å². The molecule has 1 aliphatic heterocycles. The van der Waals surface area contributed by atoms with E-state index in [1.807, 2.05) is 0 Å². The highest BCUT2D eigenvalue weighted by Crippen LogP contribution is 2.07. The highest BCUT2D eigenvalue weighted by molar-refractivity contribution is 5.38. The van der Waals surface area contributed by atoms with Gasteiger partial charge in [0.1, 0.15) is 18.5 Å². The molecule has 0 saturated heterocycles. The zero-order chi connectivity index (χ0) is 10.9. The number of rotatable bonds is 0. The molecule has 0 spiro atoms. The molecule has 1 heterocycles. The van der Waals surface area contributed by atoms with Crippen LogP contribution in [0.2, 0.25) is 0 Å². The molecule has 1 unspecified atom stereocenters. The molecule has 0 aromatic carbocycles. The molecule has 1 aliphatic rings. The fourth-order valence-corrected chi connectivity index (χ4v) is 0.849. The maximum Gasteiger partial charge on any atom is 0.127 e. The molecule has 0 saturated carbocycles. The van der Waals surface area contributed by atoms with Gasteiger partial charge in [-0.05, 0) is 42.8 Å². The molecule has 2 heteroatoms. The largest absolute Gasteiger partial charge is 0.490 e. The molecule has 0 fully saturated rings. The third-order valence-electron chi connectivity index (χ3n) is 1.50. The second-order valence-corrected chi connectivity index (χ2v) is 2.68. The lowest BCUT2D eigenvalue weighted by Gasteiger charge is -2.13. The van der Waals surface area contributed by atoms with Crippen LogP contribution in [0.15, 0.2) is 24.0 Å². The van der Waals surface area contributed by atoms with Crippen molar-refractivity contribution in [2.75, 3.05) is 6.61 Å². The minimum atomic E-state index is -0.519. The number of hydrogen-bond acceptors (Lipinski definition) is 2. The summed E-state index contributed by atoms with van der Waals surface area (Å²) in [6, 6.07) is 0. The Balaban J connectivity index is 2.54. The van der Waals surface area contributed by atoms with Crippen LogP contribution in [-0.2, 0) is 4.74 Å². The van der Waals surface area contributed by atoms with Crippen molar-refractivity contribution in [2.45, 2.75) is 13.0 Å². The molecular weight excluding hydrogens is 188 g/mol. The second-order valence-electron chi connectivity index (χ2n) is 2.68. The van der Waals surface area contributed by atoms with Gasteiger partial charge in [0.2, 0.25) is 0 Å². The third-order valence-corrected chi connectivity index (χ3v) is 1.50. The Bertz CT molecular complexity index is 450. The van der Waals surface area contributed by atoms with Crippen LogP contribution in [0, 0.1) is 35.5 Å². The van der Waals surface area contributed by atoms with Gasteiger partial charge in [-0.1, -0.05) is 11.8 Å². The summed E-state index contributed by atoms with van der Waals surface area (Å²) in [7, 11) is 0. The molecule has 0 radical (unpaired) electrons. The average Bonchev–Trinajstić information content (AvgIpc) is 2.26. The summed E-state index contributed by atoms with van der Waals surface area (Å²) in [5.74, 6) is 16.3. The SMILES string of the molecule is CC#CC#CC#C/C=C1\C=CC(O)CO1. The van der Waals surface area contributed by atoms with Gasteiger partial charge in [0.15, 0.2) is 0 Å². The highest BCUT2D eigenvalue weighted by atomic mass is 16.5. The fourth-order valence-electron chi connectivity index (χ4n) is 0.849. The summed E-state index contributed by atoms with van der Waals surface area (Å²) in [4.78, 5) is 0. The van der Waals surface area contributed by atoms with Gasteiger partial charge in [0, 0.05) is 6.08 Å². The highest BCUT2D eigenvalue weighted by Gasteiger charge is 2.06. The Morgan fingerprint density at radius 2 is 2.20 bits per heavy atom. The van der Waals surface area contributed by atoms with Crippen LogP contribution in [0.4, 0.5) is 0 Å². The van der Waals surface area contributed by atoms with E-state index in [2.05, 4.69) is 35.5 Å². The standard InChI is InChI=1S/C13H10O2/c1-2-3-4-5-6-7-8-13-10-9-12(14)11-15-13/h8-10,12,14H,11H2,1H3/b13-8+. The first-order valence-corrected chi connectivity index (χ1v) is 4.44. The van der Waals surface area contributed by atoms with E-state index in [1.165, 1.54) is 0 Å². The molecular formula is C13H10O2. The number of hydrogen-bond donors (Lipinski definition) is 1. The quantitative estimate of drug-likeness (QED) is 0.585. The van der Waals surface area contributed by atoms with Crippen molar-refractivity contribution in [3.05, 3.63) is 24.0 Å². The summed E-state index contributed by atoms with van der Waals surface area (Å²) in [6.07, 6.45) is 4.43. The predicted octanol–water partition coefficient (Wildman–Crippen LogP) is 0.848. The smallest absolute Gasteiger partial charge is 0.127 e. The Kier molecular flexibility index (Phi) is 4.68. The molecule has 2 nitrogen and oxygen atoms in total.